The molecule has 7 aromatic rings. The minimum Gasteiger partial charge on any atom is -0.310 e. The van der Waals surface area contributed by atoms with Crippen LogP contribution in [0.4, 0.5) is 17.1 Å². The first-order chi connectivity index (χ1) is 20.3. The van der Waals surface area contributed by atoms with Crippen LogP contribution in [0.5, 0.6) is 0 Å². The summed E-state index contributed by atoms with van der Waals surface area (Å²) in [4.78, 5) is 2.31. The van der Waals surface area contributed by atoms with Crippen molar-refractivity contribution in [1.29, 1.82) is 0 Å². The number of para-hydroxylation sites is 3. The fourth-order valence-corrected chi connectivity index (χ4v) is 5.79. The minimum atomic E-state index is 1.12. The molecule has 7 rings (SSSR count). The molecule has 0 atom stereocenters. The van der Waals surface area contributed by atoms with Gasteiger partial charge in [-0.1, -0.05) is 103 Å². The Morgan fingerprint density at radius 3 is 1.71 bits per heavy atom. The van der Waals surface area contributed by atoms with E-state index in [2.05, 4.69) is 180 Å². The van der Waals surface area contributed by atoms with Crippen LogP contribution in [-0.4, -0.2) is 4.57 Å². The first kappa shape index (κ1) is 24.7. The minimum absolute atomic E-state index is 1.12. The molecule has 0 N–H and O–H groups in total. The van der Waals surface area contributed by atoms with Gasteiger partial charge in [-0.15, -0.1) is 0 Å². The Balaban J connectivity index is 1.41. The molecule has 0 radical (unpaired) electrons. The van der Waals surface area contributed by atoms with Gasteiger partial charge in [0.2, 0.25) is 0 Å². The van der Waals surface area contributed by atoms with E-state index < -0.39 is 0 Å². The number of aromatic nitrogens is 1. The molecule has 41 heavy (non-hydrogen) atoms. The van der Waals surface area contributed by atoms with Gasteiger partial charge in [-0.3, -0.25) is 0 Å². The highest BCUT2D eigenvalue weighted by Crippen LogP contribution is 2.38. The summed E-state index contributed by atoms with van der Waals surface area (Å²) in [6, 6.07) is 54.3. The smallest absolute Gasteiger partial charge is 0.0547 e. The van der Waals surface area contributed by atoms with Gasteiger partial charge in [-0.05, 0) is 84.3 Å². The van der Waals surface area contributed by atoms with Gasteiger partial charge >= 0.3 is 0 Å². The number of fused-ring (bicyclic) bond motifs is 3. The summed E-state index contributed by atoms with van der Waals surface area (Å²) in [6.07, 6.45) is 4.25. The van der Waals surface area contributed by atoms with E-state index in [1.165, 1.54) is 38.5 Å². The van der Waals surface area contributed by atoms with E-state index in [0.29, 0.717) is 0 Å². The molecule has 196 valence electrons. The van der Waals surface area contributed by atoms with Gasteiger partial charge in [-0.2, -0.15) is 0 Å². The highest BCUT2D eigenvalue weighted by Gasteiger charge is 2.16. The van der Waals surface area contributed by atoms with Gasteiger partial charge in [0, 0.05) is 33.5 Å². The van der Waals surface area contributed by atoms with Gasteiger partial charge in [0.05, 0.1) is 11.0 Å². The van der Waals surface area contributed by atoms with Crippen LogP contribution in [0, 0.1) is 0 Å². The largest absolute Gasteiger partial charge is 0.310 e. The van der Waals surface area contributed by atoms with Gasteiger partial charge in [0.25, 0.3) is 0 Å². The number of nitrogens with zero attached hydrogens (tertiary/aromatic N) is 2. The average molecular weight is 527 g/mol. The van der Waals surface area contributed by atoms with Gasteiger partial charge < -0.3 is 9.47 Å². The molecular weight excluding hydrogens is 496 g/mol. The number of anilines is 3. The lowest BCUT2D eigenvalue weighted by Crippen LogP contribution is -2.09. The van der Waals surface area contributed by atoms with Crippen LogP contribution in [0.3, 0.4) is 0 Å². The van der Waals surface area contributed by atoms with Gasteiger partial charge in [0.15, 0.2) is 0 Å². The Kier molecular flexibility index (Phi) is 6.42. The van der Waals surface area contributed by atoms with Crippen molar-refractivity contribution in [3.05, 3.63) is 163 Å². The third-order valence-corrected chi connectivity index (χ3v) is 7.63. The average Bonchev–Trinajstić information content (AvgIpc) is 3.36. The molecule has 0 saturated carbocycles. The monoisotopic (exact) mass is 526 g/mol. The topological polar surface area (TPSA) is 8.17 Å². The number of rotatable bonds is 6. The number of allylic oxidation sites excluding steroid dienone is 1. The van der Waals surface area contributed by atoms with Gasteiger partial charge in [0.1, 0.15) is 0 Å². The first-order valence-corrected chi connectivity index (χ1v) is 14.1. The molecule has 1 heterocycles. The molecule has 0 aliphatic carbocycles. The zero-order valence-electron chi connectivity index (χ0n) is 23.0. The van der Waals surface area contributed by atoms with Crippen molar-refractivity contribution in [2.24, 2.45) is 0 Å². The molecule has 1 aromatic heterocycles. The molecule has 0 fully saturated rings. The SMILES string of the molecule is C/C=C/c1ccc2c3ccc(-c4cccc(N(c5ccccc5)c5ccccc5)c4)cc3n(-c3ccccc3)c2c1. The fraction of sp³-hybridized carbons (Fsp3) is 0.0256. The molecule has 0 aliphatic rings. The molecular formula is C39H30N2. The number of benzene rings is 6. The summed E-state index contributed by atoms with van der Waals surface area (Å²) >= 11 is 0. The lowest BCUT2D eigenvalue weighted by molar-refractivity contribution is 1.18. The standard InChI is InChI=1S/C39H30N2/c1-2-13-29-22-24-36-37-25-23-31(28-39(37)41(38(36)26-29)34-19-10-5-11-20-34)30-14-12-21-35(27-30)40(32-15-6-3-7-16-32)33-17-8-4-9-18-33/h2-28H,1H3/b13-2+. The zero-order chi connectivity index (χ0) is 27.6. The molecule has 0 aliphatic heterocycles. The highest BCUT2D eigenvalue weighted by molar-refractivity contribution is 6.10. The normalized spacial score (nSPS) is 11.4. The molecule has 2 heteroatoms. The third-order valence-electron chi connectivity index (χ3n) is 7.63. The van der Waals surface area contributed by atoms with Crippen molar-refractivity contribution < 1.29 is 0 Å². The van der Waals surface area contributed by atoms with E-state index in [0.717, 1.165) is 22.7 Å². The summed E-state index contributed by atoms with van der Waals surface area (Å²) in [6.45, 7) is 2.06. The van der Waals surface area contributed by atoms with E-state index in [1.54, 1.807) is 0 Å². The van der Waals surface area contributed by atoms with Crippen LogP contribution >= 0.6 is 0 Å². The molecule has 6 aromatic carbocycles. The van der Waals surface area contributed by atoms with Crippen LogP contribution in [0.15, 0.2) is 158 Å². The van der Waals surface area contributed by atoms with Crippen LogP contribution in [-0.2, 0) is 0 Å². The van der Waals surface area contributed by atoms with E-state index in [1.807, 2.05) is 0 Å². The van der Waals surface area contributed by atoms with Crippen molar-refractivity contribution in [3.63, 3.8) is 0 Å². The summed E-state index contributed by atoms with van der Waals surface area (Å²) in [5, 5.41) is 2.52. The molecule has 0 saturated heterocycles. The molecule has 0 unspecified atom stereocenters. The van der Waals surface area contributed by atoms with Crippen LogP contribution < -0.4 is 4.90 Å². The number of hydrogen-bond donors (Lipinski definition) is 0. The van der Waals surface area contributed by atoms with E-state index in [9.17, 15) is 0 Å². The first-order valence-electron chi connectivity index (χ1n) is 14.1. The molecule has 0 amide bonds. The van der Waals surface area contributed by atoms with E-state index in [4.69, 9.17) is 0 Å². The molecule has 0 bridgehead atoms. The Hall–Kier alpha value is -5.34. The van der Waals surface area contributed by atoms with Crippen molar-refractivity contribution in [2.45, 2.75) is 6.92 Å². The fourth-order valence-electron chi connectivity index (χ4n) is 5.79. The molecule has 0 spiro atoms. The Morgan fingerprint density at radius 1 is 0.488 bits per heavy atom. The second-order valence-electron chi connectivity index (χ2n) is 10.2. The lowest BCUT2D eigenvalue weighted by atomic mass is 10.0. The maximum atomic E-state index is 2.39. The summed E-state index contributed by atoms with van der Waals surface area (Å²) in [5.41, 5.74) is 10.5. The Bertz CT molecular complexity index is 1950. The molecule has 2 nitrogen and oxygen atoms in total. The van der Waals surface area contributed by atoms with Crippen LogP contribution in [0.25, 0.3) is 44.7 Å². The second-order valence-corrected chi connectivity index (χ2v) is 10.2. The predicted octanol–water partition coefficient (Wildman–Crippen LogP) is 11.0. The lowest BCUT2D eigenvalue weighted by Gasteiger charge is -2.26. The quantitative estimate of drug-likeness (QED) is 0.209. The van der Waals surface area contributed by atoms with Crippen LogP contribution in [0.2, 0.25) is 0 Å². The maximum absolute atomic E-state index is 2.39. The maximum Gasteiger partial charge on any atom is 0.0547 e. The predicted molar refractivity (Wildman–Crippen MR) is 176 cm³/mol. The number of hydrogen-bond acceptors (Lipinski definition) is 1. The summed E-state index contributed by atoms with van der Waals surface area (Å²) in [5.74, 6) is 0. The Labute approximate surface area is 241 Å². The van der Waals surface area contributed by atoms with Crippen molar-refractivity contribution in [2.75, 3.05) is 4.90 Å². The van der Waals surface area contributed by atoms with Crippen molar-refractivity contribution in [3.8, 4) is 16.8 Å². The Morgan fingerprint density at radius 2 is 1.05 bits per heavy atom. The van der Waals surface area contributed by atoms with Crippen molar-refractivity contribution in [1.82, 2.24) is 4.57 Å². The van der Waals surface area contributed by atoms with Crippen molar-refractivity contribution >= 4 is 44.9 Å². The van der Waals surface area contributed by atoms with E-state index in [-0.39, 0.29) is 0 Å². The summed E-state index contributed by atoms with van der Waals surface area (Å²) < 4.78 is 2.39. The van der Waals surface area contributed by atoms with Crippen LogP contribution in [0.1, 0.15) is 12.5 Å². The zero-order valence-corrected chi connectivity index (χ0v) is 23.0. The third kappa shape index (κ3) is 4.60. The summed E-state index contributed by atoms with van der Waals surface area (Å²) in [7, 11) is 0. The highest BCUT2D eigenvalue weighted by atomic mass is 15.1. The van der Waals surface area contributed by atoms with Gasteiger partial charge in [-0.25, -0.2) is 0 Å². The van der Waals surface area contributed by atoms with E-state index >= 15 is 0 Å². The second kappa shape index (κ2) is 10.7.